The van der Waals surface area contributed by atoms with Gasteiger partial charge in [0.2, 0.25) is 0 Å². The van der Waals surface area contributed by atoms with Crippen molar-refractivity contribution in [1.29, 1.82) is 0 Å². The van der Waals surface area contributed by atoms with E-state index in [1.807, 2.05) is 30.3 Å². The molecule has 3 N–H and O–H groups in total. The molecule has 0 saturated carbocycles. The fraction of sp³-hybridized carbons (Fsp3) is 0.350. The van der Waals surface area contributed by atoms with Crippen LogP contribution < -0.4 is 15.8 Å². The minimum atomic E-state index is -0.263. The van der Waals surface area contributed by atoms with Gasteiger partial charge < -0.3 is 20.5 Å². The number of nitrogens with two attached hydrogens (primary N) is 1. The van der Waals surface area contributed by atoms with Gasteiger partial charge >= 0.3 is 0 Å². The molecule has 2 aromatic rings. The number of methoxy groups -OCH3 is 1. The van der Waals surface area contributed by atoms with E-state index in [1.165, 1.54) is 6.07 Å². The fourth-order valence-corrected chi connectivity index (χ4v) is 3.24. The monoisotopic (exact) mass is 485 g/mol. The molecule has 1 heterocycles. The smallest absolute Gasteiger partial charge is 0.193 e. The van der Waals surface area contributed by atoms with Crippen LogP contribution in [0.1, 0.15) is 18.4 Å². The zero-order valence-corrected chi connectivity index (χ0v) is 17.6. The largest absolute Gasteiger partial charge is 0.497 e. The molecule has 0 radical (unpaired) electrons. The SMILES string of the molecule is COc1cccc(NC(N)=NCC2(c3cccc(F)c3)CCOCC2)c1.I. The first-order chi connectivity index (χ1) is 12.6. The van der Waals surface area contributed by atoms with Crippen LogP contribution in [-0.2, 0) is 10.2 Å². The Morgan fingerprint density at radius 3 is 2.67 bits per heavy atom. The highest BCUT2D eigenvalue weighted by Crippen LogP contribution is 2.35. The lowest BCUT2D eigenvalue weighted by Crippen LogP contribution is -2.38. The first kappa shape index (κ1) is 21.4. The Morgan fingerprint density at radius 2 is 1.96 bits per heavy atom. The molecular weight excluding hydrogens is 460 g/mol. The third-order valence-electron chi connectivity index (χ3n) is 4.78. The van der Waals surface area contributed by atoms with E-state index in [0.29, 0.717) is 25.7 Å². The summed E-state index contributed by atoms with van der Waals surface area (Å²) in [5.41, 5.74) is 7.56. The van der Waals surface area contributed by atoms with E-state index in [2.05, 4.69) is 10.3 Å². The van der Waals surface area contributed by atoms with E-state index in [1.54, 1.807) is 19.2 Å². The zero-order chi connectivity index (χ0) is 18.4. The minimum Gasteiger partial charge on any atom is -0.497 e. The average Bonchev–Trinajstić information content (AvgIpc) is 2.67. The molecule has 2 aromatic carbocycles. The highest BCUT2D eigenvalue weighted by atomic mass is 127. The first-order valence-electron chi connectivity index (χ1n) is 8.66. The van der Waals surface area contributed by atoms with Crippen LogP contribution in [0.5, 0.6) is 5.75 Å². The normalized spacial score (nSPS) is 16.3. The average molecular weight is 485 g/mol. The van der Waals surface area contributed by atoms with Crippen molar-refractivity contribution in [2.75, 3.05) is 32.2 Å². The summed E-state index contributed by atoms with van der Waals surface area (Å²) in [6.07, 6.45) is 1.57. The van der Waals surface area contributed by atoms with Gasteiger partial charge in [0.25, 0.3) is 0 Å². The van der Waals surface area contributed by atoms with Crippen molar-refractivity contribution in [2.24, 2.45) is 10.7 Å². The molecular formula is C20H25FIN3O2. The van der Waals surface area contributed by atoms with Gasteiger partial charge in [-0.25, -0.2) is 4.39 Å². The van der Waals surface area contributed by atoms with Crippen LogP contribution in [0.2, 0.25) is 0 Å². The van der Waals surface area contributed by atoms with Crippen molar-refractivity contribution in [2.45, 2.75) is 18.3 Å². The van der Waals surface area contributed by atoms with Gasteiger partial charge in [-0.2, -0.15) is 0 Å². The number of halogens is 2. The quantitative estimate of drug-likeness (QED) is 0.383. The van der Waals surface area contributed by atoms with Gasteiger partial charge in [0.1, 0.15) is 11.6 Å². The van der Waals surface area contributed by atoms with Crippen LogP contribution in [0.4, 0.5) is 10.1 Å². The second kappa shape index (κ2) is 9.89. The second-order valence-electron chi connectivity index (χ2n) is 6.46. The number of anilines is 1. The molecule has 1 aliphatic heterocycles. The van der Waals surface area contributed by atoms with Crippen molar-refractivity contribution in [3.8, 4) is 5.75 Å². The maximum absolute atomic E-state index is 13.7. The van der Waals surface area contributed by atoms with Gasteiger partial charge in [0.15, 0.2) is 5.96 Å². The van der Waals surface area contributed by atoms with Gasteiger partial charge in [0, 0.05) is 30.4 Å². The van der Waals surface area contributed by atoms with E-state index >= 15 is 0 Å². The maximum atomic E-state index is 13.7. The summed E-state index contributed by atoms with van der Waals surface area (Å²) in [4.78, 5) is 4.54. The van der Waals surface area contributed by atoms with E-state index in [9.17, 15) is 4.39 Å². The molecule has 0 atom stereocenters. The summed E-state index contributed by atoms with van der Waals surface area (Å²) in [6, 6.07) is 14.2. The standard InChI is InChI=1S/C20H24FN3O2.HI/c1-25-18-7-3-6-17(13-18)24-19(22)23-14-20(8-10-26-11-9-20)15-4-2-5-16(21)12-15;/h2-7,12-13H,8-11,14H2,1H3,(H3,22,23,24);1H. The number of rotatable bonds is 5. The number of ether oxygens (including phenoxy) is 2. The number of nitrogens with zero attached hydrogens (tertiary/aromatic N) is 1. The third-order valence-corrected chi connectivity index (χ3v) is 4.78. The van der Waals surface area contributed by atoms with Crippen molar-refractivity contribution in [3.63, 3.8) is 0 Å². The Balaban J connectivity index is 0.00000261. The van der Waals surface area contributed by atoms with Gasteiger partial charge in [-0.3, -0.25) is 4.99 Å². The number of nitrogens with one attached hydrogen (secondary N) is 1. The molecule has 0 bridgehead atoms. The summed E-state index contributed by atoms with van der Waals surface area (Å²) >= 11 is 0. The molecule has 5 nitrogen and oxygen atoms in total. The van der Waals surface area contributed by atoms with E-state index < -0.39 is 0 Å². The Hall–Kier alpha value is -1.87. The lowest BCUT2D eigenvalue weighted by Gasteiger charge is -2.36. The minimum absolute atomic E-state index is 0. The van der Waals surface area contributed by atoms with Gasteiger partial charge in [-0.15, -0.1) is 24.0 Å². The number of benzene rings is 2. The lowest BCUT2D eigenvalue weighted by molar-refractivity contribution is 0.0530. The van der Waals surface area contributed by atoms with Crippen molar-refractivity contribution in [3.05, 3.63) is 59.9 Å². The maximum Gasteiger partial charge on any atom is 0.193 e. The Morgan fingerprint density at radius 1 is 1.22 bits per heavy atom. The molecule has 3 rings (SSSR count). The predicted molar refractivity (Wildman–Crippen MR) is 117 cm³/mol. The second-order valence-corrected chi connectivity index (χ2v) is 6.46. The highest BCUT2D eigenvalue weighted by Gasteiger charge is 2.34. The third kappa shape index (κ3) is 5.55. The summed E-state index contributed by atoms with van der Waals surface area (Å²) in [5, 5.41) is 3.08. The van der Waals surface area contributed by atoms with Crippen LogP contribution in [-0.4, -0.2) is 32.8 Å². The molecule has 1 aliphatic rings. The summed E-state index contributed by atoms with van der Waals surface area (Å²) in [5.74, 6) is 0.823. The van der Waals surface area contributed by atoms with Crippen molar-refractivity contribution < 1.29 is 13.9 Å². The molecule has 1 fully saturated rings. The van der Waals surface area contributed by atoms with Crippen LogP contribution in [0.15, 0.2) is 53.5 Å². The van der Waals surface area contributed by atoms with Gasteiger partial charge in [0.05, 0.1) is 13.7 Å². The van der Waals surface area contributed by atoms with Crippen LogP contribution >= 0.6 is 24.0 Å². The first-order valence-corrected chi connectivity index (χ1v) is 8.66. The van der Waals surface area contributed by atoms with E-state index in [0.717, 1.165) is 29.8 Å². The number of aliphatic imine (C=N–C) groups is 1. The Labute approximate surface area is 176 Å². The molecule has 146 valence electrons. The molecule has 7 heteroatoms. The van der Waals surface area contributed by atoms with Crippen molar-refractivity contribution in [1.82, 2.24) is 0 Å². The summed E-state index contributed by atoms with van der Waals surface area (Å²) in [7, 11) is 1.62. The zero-order valence-electron chi connectivity index (χ0n) is 15.3. The Kier molecular flexibility index (Phi) is 7.85. The Bertz CT molecular complexity index is 779. The van der Waals surface area contributed by atoms with Gasteiger partial charge in [-0.1, -0.05) is 18.2 Å². The van der Waals surface area contributed by atoms with Gasteiger partial charge in [-0.05, 0) is 42.7 Å². The molecule has 0 spiro atoms. The molecule has 1 saturated heterocycles. The number of hydrogen-bond acceptors (Lipinski definition) is 3. The van der Waals surface area contributed by atoms with Crippen molar-refractivity contribution >= 4 is 35.6 Å². The summed E-state index contributed by atoms with van der Waals surface area (Å²) < 4.78 is 24.4. The molecule has 0 unspecified atom stereocenters. The van der Waals surface area contributed by atoms with E-state index in [-0.39, 0.29) is 35.2 Å². The van der Waals surface area contributed by atoms with Crippen LogP contribution in [0.3, 0.4) is 0 Å². The molecule has 0 aromatic heterocycles. The highest BCUT2D eigenvalue weighted by molar-refractivity contribution is 14.0. The molecule has 0 aliphatic carbocycles. The van der Waals surface area contributed by atoms with Crippen LogP contribution in [0.25, 0.3) is 0 Å². The number of hydrogen-bond donors (Lipinski definition) is 2. The topological polar surface area (TPSA) is 68.9 Å². The summed E-state index contributed by atoms with van der Waals surface area (Å²) in [6.45, 7) is 1.74. The molecule has 0 amide bonds. The van der Waals surface area contributed by atoms with Crippen LogP contribution in [0, 0.1) is 5.82 Å². The number of guanidine groups is 1. The molecule has 27 heavy (non-hydrogen) atoms. The van der Waals surface area contributed by atoms with E-state index in [4.69, 9.17) is 15.2 Å². The fourth-order valence-electron chi connectivity index (χ4n) is 3.24. The predicted octanol–water partition coefficient (Wildman–Crippen LogP) is 3.93. The lowest BCUT2D eigenvalue weighted by atomic mass is 9.74.